The van der Waals surface area contributed by atoms with Gasteiger partial charge < -0.3 is 9.88 Å². The molecule has 0 spiro atoms. The number of nitrogens with one attached hydrogen (secondary N) is 2. The maximum absolute atomic E-state index is 11.9. The number of thioether (sulfide) groups is 1. The van der Waals surface area contributed by atoms with Gasteiger partial charge in [-0.05, 0) is 24.6 Å². The van der Waals surface area contributed by atoms with E-state index in [1.165, 1.54) is 11.8 Å². The second kappa shape index (κ2) is 7.10. The summed E-state index contributed by atoms with van der Waals surface area (Å²) >= 11 is 1.31. The second-order valence-electron chi connectivity index (χ2n) is 4.91. The van der Waals surface area contributed by atoms with Crippen molar-refractivity contribution in [2.75, 3.05) is 5.75 Å². The Balaban J connectivity index is 1.52. The van der Waals surface area contributed by atoms with E-state index >= 15 is 0 Å². The minimum atomic E-state index is -0.0505. The molecule has 0 radical (unpaired) electrons. The van der Waals surface area contributed by atoms with E-state index in [2.05, 4.69) is 25.5 Å². The fourth-order valence-electron chi connectivity index (χ4n) is 2.01. The van der Waals surface area contributed by atoms with Crippen molar-refractivity contribution in [3.63, 3.8) is 0 Å². The van der Waals surface area contributed by atoms with Crippen molar-refractivity contribution in [2.24, 2.45) is 0 Å². The van der Waals surface area contributed by atoms with Crippen LogP contribution in [0.4, 0.5) is 0 Å². The third-order valence-electron chi connectivity index (χ3n) is 3.11. The van der Waals surface area contributed by atoms with Crippen molar-refractivity contribution < 1.29 is 4.79 Å². The highest BCUT2D eigenvalue weighted by Crippen LogP contribution is 2.12. The summed E-state index contributed by atoms with van der Waals surface area (Å²) in [5.41, 5.74) is 2.04. The summed E-state index contributed by atoms with van der Waals surface area (Å²) in [6.45, 7) is 2.30. The molecule has 0 aliphatic rings. The van der Waals surface area contributed by atoms with Crippen molar-refractivity contribution >= 4 is 17.7 Å². The molecule has 0 atom stereocenters. The number of rotatable bonds is 6. The number of carbonyl (C=O) groups is 1. The molecular weight excluding hydrogens is 312 g/mol. The fraction of sp³-hybridized carbons (Fsp3) is 0.200. The molecule has 2 aromatic heterocycles. The van der Waals surface area contributed by atoms with Crippen molar-refractivity contribution in [3.8, 4) is 5.69 Å². The molecule has 2 N–H and O–H groups in total. The third-order valence-corrected chi connectivity index (χ3v) is 3.96. The lowest BCUT2D eigenvalue weighted by atomic mass is 10.2. The molecule has 2 heterocycles. The number of aromatic amines is 1. The van der Waals surface area contributed by atoms with Crippen LogP contribution in [0.2, 0.25) is 0 Å². The van der Waals surface area contributed by atoms with E-state index in [9.17, 15) is 4.79 Å². The van der Waals surface area contributed by atoms with E-state index in [1.807, 2.05) is 42.0 Å². The second-order valence-corrected chi connectivity index (χ2v) is 5.85. The molecule has 3 rings (SSSR count). The number of imidazole rings is 1. The Morgan fingerprint density at radius 3 is 3.09 bits per heavy atom. The normalized spacial score (nSPS) is 10.7. The maximum atomic E-state index is 11.9. The standard InChI is InChI=1S/C15H16N6OS/c1-11-18-15(20-19-11)23-9-14(22)17-8-12-3-2-4-13(7-12)21-6-5-16-10-21/h2-7,10H,8-9H2,1H3,(H,17,22)(H,18,19,20). The van der Waals surface area contributed by atoms with Crippen molar-refractivity contribution in [3.05, 3.63) is 54.4 Å². The van der Waals surface area contributed by atoms with Crippen molar-refractivity contribution in [2.45, 2.75) is 18.6 Å². The lowest BCUT2D eigenvalue weighted by molar-refractivity contribution is -0.118. The SMILES string of the molecule is Cc1nc(SCC(=O)NCc2cccc(-n3ccnc3)c2)n[nH]1. The van der Waals surface area contributed by atoms with Gasteiger partial charge in [-0.25, -0.2) is 9.97 Å². The van der Waals surface area contributed by atoms with Crippen LogP contribution >= 0.6 is 11.8 Å². The van der Waals surface area contributed by atoms with Gasteiger partial charge in [0, 0.05) is 24.6 Å². The van der Waals surface area contributed by atoms with Crippen molar-refractivity contribution in [1.29, 1.82) is 0 Å². The van der Waals surface area contributed by atoms with Gasteiger partial charge >= 0.3 is 0 Å². The van der Waals surface area contributed by atoms with Crippen LogP contribution in [0, 0.1) is 6.92 Å². The predicted octanol–water partition coefficient (Wildman–Crippen LogP) is 1.71. The molecule has 0 unspecified atom stereocenters. The zero-order chi connectivity index (χ0) is 16.1. The molecule has 7 nitrogen and oxygen atoms in total. The molecular formula is C15H16N6OS. The molecule has 1 amide bonds. The zero-order valence-corrected chi connectivity index (χ0v) is 13.4. The number of benzene rings is 1. The van der Waals surface area contributed by atoms with Crippen LogP contribution in [0.3, 0.4) is 0 Å². The van der Waals surface area contributed by atoms with Crippen LogP contribution in [0.1, 0.15) is 11.4 Å². The average Bonchev–Trinajstić information content (AvgIpc) is 3.23. The Labute approximate surface area is 137 Å². The van der Waals surface area contributed by atoms with Crippen LogP contribution in [-0.4, -0.2) is 36.4 Å². The summed E-state index contributed by atoms with van der Waals surface area (Å²) in [6.07, 6.45) is 5.36. The smallest absolute Gasteiger partial charge is 0.230 e. The van der Waals surface area contributed by atoms with E-state index < -0.39 is 0 Å². The van der Waals surface area contributed by atoms with Gasteiger partial charge in [0.1, 0.15) is 5.82 Å². The fourth-order valence-corrected chi connectivity index (χ4v) is 2.68. The zero-order valence-electron chi connectivity index (χ0n) is 12.6. The molecule has 118 valence electrons. The molecule has 0 saturated carbocycles. The van der Waals surface area contributed by atoms with Crippen molar-refractivity contribution in [1.82, 2.24) is 30.0 Å². The van der Waals surface area contributed by atoms with Gasteiger partial charge in [0.15, 0.2) is 0 Å². The number of carbonyl (C=O) groups excluding carboxylic acids is 1. The molecule has 3 aromatic rings. The molecule has 0 bridgehead atoms. The van der Waals surface area contributed by atoms with Gasteiger partial charge in [-0.2, -0.15) is 0 Å². The quantitative estimate of drug-likeness (QED) is 0.673. The van der Waals surface area contributed by atoms with Gasteiger partial charge in [-0.15, -0.1) is 5.10 Å². The minimum Gasteiger partial charge on any atom is -0.351 e. The number of aromatic nitrogens is 5. The average molecular weight is 328 g/mol. The van der Waals surface area contributed by atoms with Crippen LogP contribution in [0.5, 0.6) is 0 Å². The Bertz CT molecular complexity index is 783. The number of aryl methyl sites for hydroxylation is 1. The van der Waals surface area contributed by atoms with Crippen LogP contribution in [0.25, 0.3) is 5.69 Å². The summed E-state index contributed by atoms with van der Waals surface area (Å²) in [4.78, 5) is 20.1. The molecule has 8 heteroatoms. The highest BCUT2D eigenvalue weighted by atomic mass is 32.2. The Kier molecular flexibility index (Phi) is 4.72. The molecule has 0 fully saturated rings. The number of H-pyrrole nitrogens is 1. The third kappa shape index (κ3) is 4.19. The lowest BCUT2D eigenvalue weighted by Gasteiger charge is -2.07. The van der Waals surface area contributed by atoms with Gasteiger partial charge in [-0.1, -0.05) is 23.9 Å². The first-order valence-corrected chi connectivity index (χ1v) is 8.05. The molecule has 23 heavy (non-hydrogen) atoms. The highest BCUT2D eigenvalue weighted by Gasteiger charge is 2.06. The first-order chi connectivity index (χ1) is 11.2. The molecule has 1 aromatic carbocycles. The minimum absolute atomic E-state index is 0.0505. The summed E-state index contributed by atoms with van der Waals surface area (Å²) in [5, 5.41) is 10.2. The Morgan fingerprint density at radius 2 is 2.35 bits per heavy atom. The van der Waals surface area contributed by atoms with Gasteiger partial charge in [-0.3, -0.25) is 9.89 Å². The molecule has 0 saturated heterocycles. The first kappa shape index (κ1) is 15.3. The topological polar surface area (TPSA) is 88.5 Å². The largest absolute Gasteiger partial charge is 0.351 e. The number of hydrogen-bond acceptors (Lipinski definition) is 5. The highest BCUT2D eigenvalue weighted by molar-refractivity contribution is 7.99. The van der Waals surface area contributed by atoms with E-state index in [0.717, 1.165) is 17.1 Å². The number of hydrogen-bond donors (Lipinski definition) is 2. The van der Waals surface area contributed by atoms with Crippen LogP contribution < -0.4 is 5.32 Å². The lowest BCUT2D eigenvalue weighted by Crippen LogP contribution is -2.24. The van der Waals surface area contributed by atoms with E-state index in [4.69, 9.17) is 0 Å². The molecule has 0 aliphatic heterocycles. The van der Waals surface area contributed by atoms with E-state index in [0.29, 0.717) is 17.5 Å². The summed E-state index contributed by atoms with van der Waals surface area (Å²) in [6, 6.07) is 7.95. The van der Waals surface area contributed by atoms with E-state index in [1.54, 1.807) is 12.5 Å². The summed E-state index contributed by atoms with van der Waals surface area (Å²) < 4.78 is 1.92. The van der Waals surface area contributed by atoms with Gasteiger partial charge in [0.05, 0.1) is 12.1 Å². The molecule has 0 aliphatic carbocycles. The summed E-state index contributed by atoms with van der Waals surface area (Å²) in [7, 11) is 0. The van der Waals surface area contributed by atoms with Gasteiger partial charge in [0.25, 0.3) is 0 Å². The van der Waals surface area contributed by atoms with E-state index in [-0.39, 0.29) is 5.91 Å². The monoisotopic (exact) mass is 328 g/mol. The van der Waals surface area contributed by atoms with Crippen LogP contribution in [0.15, 0.2) is 48.1 Å². The number of amides is 1. The van der Waals surface area contributed by atoms with Gasteiger partial charge in [0.2, 0.25) is 11.1 Å². The summed E-state index contributed by atoms with van der Waals surface area (Å²) in [5.74, 6) is 0.980. The Morgan fingerprint density at radius 1 is 1.43 bits per heavy atom. The predicted molar refractivity (Wildman–Crippen MR) is 87.3 cm³/mol. The Hall–Kier alpha value is -2.61. The maximum Gasteiger partial charge on any atom is 0.230 e. The first-order valence-electron chi connectivity index (χ1n) is 7.06. The van der Waals surface area contributed by atoms with Crippen LogP contribution in [-0.2, 0) is 11.3 Å². The number of nitrogens with zero attached hydrogens (tertiary/aromatic N) is 4.